The quantitative estimate of drug-likeness (QED) is 0.711. The number of hydrogen-bond acceptors (Lipinski definition) is 3. The molecule has 0 aliphatic carbocycles. The molecule has 2 N–H and O–H groups in total. The third kappa shape index (κ3) is 3.57. The van der Waals surface area contributed by atoms with Gasteiger partial charge in [0, 0.05) is 47.9 Å². The Morgan fingerprint density at radius 3 is 2.61 bits per heavy atom. The van der Waals surface area contributed by atoms with Crippen LogP contribution in [0.3, 0.4) is 0 Å². The largest absolute Gasteiger partial charge is 0.416 e. The van der Waals surface area contributed by atoms with E-state index >= 15 is 0 Å². The van der Waals surface area contributed by atoms with Crippen molar-refractivity contribution in [1.82, 2.24) is 10.3 Å². The van der Waals surface area contributed by atoms with E-state index in [1.54, 1.807) is 12.4 Å². The molecule has 0 spiro atoms. The minimum absolute atomic E-state index is 0.154. The highest BCUT2D eigenvalue weighted by Gasteiger charge is 2.35. The van der Waals surface area contributed by atoms with Crippen LogP contribution in [-0.2, 0) is 11.0 Å². The first-order chi connectivity index (χ1) is 13.4. The number of halogens is 3. The Balaban J connectivity index is 1.55. The highest BCUT2D eigenvalue weighted by atomic mass is 19.4. The average Bonchev–Trinajstić information content (AvgIpc) is 3.18. The molecule has 1 aliphatic heterocycles. The van der Waals surface area contributed by atoms with Gasteiger partial charge >= 0.3 is 6.18 Å². The number of carbonyl (C=O) groups is 1. The number of pyridine rings is 1. The number of benzene rings is 2. The van der Waals surface area contributed by atoms with Crippen LogP contribution >= 0.6 is 0 Å². The van der Waals surface area contributed by atoms with E-state index in [0.29, 0.717) is 18.8 Å². The van der Waals surface area contributed by atoms with E-state index in [-0.39, 0.29) is 17.7 Å². The SMILES string of the molecule is O=C(Nc1cccc2cnccc12)[C@H]1CNCC1c1ccc(C(F)(F)F)cc1. The van der Waals surface area contributed by atoms with Crippen molar-refractivity contribution in [2.24, 2.45) is 5.92 Å². The smallest absolute Gasteiger partial charge is 0.325 e. The van der Waals surface area contributed by atoms with Crippen LogP contribution in [0.15, 0.2) is 60.9 Å². The average molecular weight is 385 g/mol. The van der Waals surface area contributed by atoms with E-state index < -0.39 is 11.7 Å². The van der Waals surface area contributed by atoms with Crippen molar-refractivity contribution in [3.05, 3.63) is 72.1 Å². The van der Waals surface area contributed by atoms with Gasteiger partial charge in [-0.3, -0.25) is 9.78 Å². The summed E-state index contributed by atoms with van der Waals surface area (Å²) in [5.41, 5.74) is 0.732. The topological polar surface area (TPSA) is 54.0 Å². The zero-order valence-electron chi connectivity index (χ0n) is 14.8. The molecule has 2 atom stereocenters. The zero-order chi connectivity index (χ0) is 19.7. The molecule has 0 bridgehead atoms. The highest BCUT2D eigenvalue weighted by molar-refractivity contribution is 6.03. The number of nitrogens with zero attached hydrogens (tertiary/aromatic N) is 1. The molecule has 1 aliphatic rings. The van der Waals surface area contributed by atoms with Gasteiger partial charge in [0.15, 0.2) is 0 Å². The zero-order valence-corrected chi connectivity index (χ0v) is 14.8. The summed E-state index contributed by atoms with van der Waals surface area (Å²) in [6.45, 7) is 1.02. The van der Waals surface area contributed by atoms with Crippen LogP contribution in [0.25, 0.3) is 10.8 Å². The van der Waals surface area contributed by atoms with Gasteiger partial charge in [0.2, 0.25) is 5.91 Å². The Hall–Kier alpha value is -2.93. The number of carbonyl (C=O) groups excluding carboxylic acids is 1. The van der Waals surface area contributed by atoms with Crippen LogP contribution in [-0.4, -0.2) is 24.0 Å². The number of alkyl halides is 3. The molecular formula is C21H18F3N3O. The van der Waals surface area contributed by atoms with Gasteiger partial charge in [0.1, 0.15) is 0 Å². The second-order valence-corrected chi connectivity index (χ2v) is 6.88. The van der Waals surface area contributed by atoms with Gasteiger partial charge in [-0.1, -0.05) is 24.3 Å². The summed E-state index contributed by atoms with van der Waals surface area (Å²) in [6.07, 6.45) is -0.973. The molecule has 1 aromatic heterocycles. The van der Waals surface area contributed by atoms with Crippen molar-refractivity contribution in [3.63, 3.8) is 0 Å². The van der Waals surface area contributed by atoms with Gasteiger partial charge in [-0.2, -0.15) is 13.2 Å². The number of fused-ring (bicyclic) bond motifs is 1. The molecule has 0 radical (unpaired) electrons. The van der Waals surface area contributed by atoms with Gasteiger partial charge in [-0.05, 0) is 29.8 Å². The van der Waals surface area contributed by atoms with Crippen molar-refractivity contribution in [2.45, 2.75) is 12.1 Å². The van der Waals surface area contributed by atoms with E-state index in [4.69, 9.17) is 0 Å². The van der Waals surface area contributed by atoms with Crippen LogP contribution < -0.4 is 10.6 Å². The molecule has 1 saturated heterocycles. The summed E-state index contributed by atoms with van der Waals surface area (Å²) in [4.78, 5) is 17.0. The number of nitrogens with one attached hydrogen (secondary N) is 2. The fraction of sp³-hybridized carbons (Fsp3) is 0.238. The van der Waals surface area contributed by atoms with Crippen molar-refractivity contribution < 1.29 is 18.0 Å². The maximum Gasteiger partial charge on any atom is 0.416 e. The first-order valence-electron chi connectivity index (χ1n) is 8.95. The maximum atomic E-state index is 12.9. The van der Waals surface area contributed by atoms with E-state index in [1.165, 1.54) is 12.1 Å². The number of hydrogen-bond donors (Lipinski definition) is 2. The molecule has 1 unspecified atom stereocenters. The van der Waals surface area contributed by atoms with Crippen LogP contribution in [0.5, 0.6) is 0 Å². The van der Waals surface area contributed by atoms with E-state index in [9.17, 15) is 18.0 Å². The summed E-state index contributed by atoms with van der Waals surface area (Å²) in [7, 11) is 0. The summed E-state index contributed by atoms with van der Waals surface area (Å²) in [5.74, 6) is -0.702. The van der Waals surface area contributed by atoms with E-state index in [0.717, 1.165) is 28.5 Å². The summed E-state index contributed by atoms with van der Waals surface area (Å²) < 4.78 is 38.4. The summed E-state index contributed by atoms with van der Waals surface area (Å²) >= 11 is 0. The molecule has 28 heavy (non-hydrogen) atoms. The van der Waals surface area contributed by atoms with Gasteiger partial charge < -0.3 is 10.6 Å². The van der Waals surface area contributed by atoms with E-state index in [2.05, 4.69) is 15.6 Å². The van der Waals surface area contributed by atoms with Gasteiger partial charge in [0.05, 0.1) is 11.5 Å². The predicted octanol–water partition coefficient (Wildman–Crippen LogP) is 4.20. The molecule has 1 amide bonds. The van der Waals surface area contributed by atoms with Crippen LogP contribution in [0.4, 0.5) is 18.9 Å². The van der Waals surface area contributed by atoms with Gasteiger partial charge in [-0.15, -0.1) is 0 Å². The van der Waals surface area contributed by atoms with Crippen molar-refractivity contribution in [3.8, 4) is 0 Å². The Morgan fingerprint density at radius 2 is 1.86 bits per heavy atom. The summed E-state index contributed by atoms with van der Waals surface area (Å²) in [6, 6.07) is 12.5. The normalized spacial score (nSPS) is 19.7. The third-order valence-corrected chi connectivity index (χ3v) is 5.16. The molecule has 0 saturated carbocycles. The molecular weight excluding hydrogens is 367 g/mol. The molecule has 4 nitrogen and oxygen atoms in total. The summed E-state index contributed by atoms with van der Waals surface area (Å²) in [5, 5.41) is 7.96. The molecule has 3 aromatic rings. The van der Waals surface area contributed by atoms with Crippen LogP contribution in [0.2, 0.25) is 0 Å². The number of anilines is 1. The predicted molar refractivity (Wildman–Crippen MR) is 101 cm³/mol. The lowest BCUT2D eigenvalue weighted by molar-refractivity contribution is -0.137. The van der Waals surface area contributed by atoms with Crippen LogP contribution in [0.1, 0.15) is 17.0 Å². The number of rotatable bonds is 3. The second kappa shape index (κ2) is 7.24. The Labute approximate surface area is 159 Å². The molecule has 1 fully saturated rings. The van der Waals surface area contributed by atoms with Crippen LogP contribution in [0, 0.1) is 5.92 Å². The first-order valence-corrected chi connectivity index (χ1v) is 8.95. The Kier molecular flexibility index (Phi) is 4.77. The molecule has 4 rings (SSSR count). The van der Waals surface area contributed by atoms with Gasteiger partial charge in [0.25, 0.3) is 0 Å². The fourth-order valence-corrected chi connectivity index (χ4v) is 3.68. The van der Waals surface area contributed by atoms with Crippen molar-refractivity contribution in [1.29, 1.82) is 0 Å². The monoisotopic (exact) mass is 385 g/mol. The number of amides is 1. The molecule has 144 valence electrons. The van der Waals surface area contributed by atoms with E-state index in [1.807, 2.05) is 24.3 Å². The third-order valence-electron chi connectivity index (χ3n) is 5.16. The number of aromatic nitrogens is 1. The Morgan fingerprint density at radius 1 is 1.07 bits per heavy atom. The minimum atomic E-state index is -4.37. The second-order valence-electron chi connectivity index (χ2n) is 6.88. The molecule has 2 aromatic carbocycles. The van der Waals surface area contributed by atoms with Gasteiger partial charge in [-0.25, -0.2) is 0 Å². The maximum absolute atomic E-state index is 12.9. The lowest BCUT2D eigenvalue weighted by atomic mass is 9.87. The molecule has 2 heterocycles. The molecule has 7 heteroatoms. The lowest BCUT2D eigenvalue weighted by Crippen LogP contribution is -2.28. The first kappa shape index (κ1) is 18.4. The van der Waals surface area contributed by atoms with Crippen molar-refractivity contribution >= 4 is 22.4 Å². The lowest BCUT2D eigenvalue weighted by Gasteiger charge is -2.20. The van der Waals surface area contributed by atoms with Crippen molar-refractivity contribution in [2.75, 3.05) is 18.4 Å². The highest BCUT2D eigenvalue weighted by Crippen LogP contribution is 2.34. The minimum Gasteiger partial charge on any atom is -0.325 e. The standard InChI is InChI=1S/C21H18F3N3O/c22-21(23,24)15-6-4-13(5-7-15)17-11-26-12-18(17)20(28)27-19-3-1-2-14-10-25-9-8-16(14)19/h1-10,17-18,26H,11-12H2,(H,27,28)/t17?,18-/m0/s1. The Bertz CT molecular complexity index is 996. The fourth-order valence-electron chi connectivity index (χ4n) is 3.68.